The third kappa shape index (κ3) is 3.97. The van der Waals surface area contributed by atoms with Crippen LogP contribution < -0.4 is 5.32 Å². The first-order valence-corrected chi connectivity index (χ1v) is 5.82. The molecule has 0 aliphatic heterocycles. The minimum Gasteiger partial charge on any atom is -0.312 e. The molecule has 0 spiro atoms. The van der Waals surface area contributed by atoms with Gasteiger partial charge in [0.1, 0.15) is 0 Å². The number of nitrogens with one attached hydrogen (secondary N) is 1. The van der Waals surface area contributed by atoms with Crippen molar-refractivity contribution >= 4 is 0 Å². The smallest absolute Gasteiger partial charge is 0.0271 e. The zero-order valence-electron chi connectivity index (χ0n) is 10.4. The van der Waals surface area contributed by atoms with Crippen molar-refractivity contribution < 1.29 is 0 Å². The van der Waals surface area contributed by atoms with E-state index in [1.807, 2.05) is 0 Å². The van der Waals surface area contributed by atoms with Crippen LogP contribution in [0.5, 0.6) is 0 Å². The summed E-state index contributed by atoms with van der Waals surface area (Å²) in [5.41, 5.74) is 0.262. The summed E-state index contributed by atoms with van der Waals surface area (Å²) >= 11 is 0. The van der Waals surface area contributed by atoms with E-state index in [4.69, 9.17) is 0 Å². The zero-order chi connectivity index (χ0) is 10.8. The first-order valence-electron chi connectivity index (χ1n) is 5.82. The Morgan fingerprint density at radius 2 is 1.93 bits per heavy atom. The molecule has 1 aliphatic carbocycles. The van der Waals surface area contributed by atoms with E-state index < -0.39 is 0 Å². The van der Waals surface area contributed by atoms with Gasteiger partial charge in [-0.05, 0) is 47.2 Å². The second-order valence-corrected chi connectivity index (χ2v) is 5.67. The summed E-state index contributed by atoms with van der Waals surface area (Å²) in [6, 6.07) is 0.682. The van der Waals surface area contributed by atoms with Crippen molar-refractivity contribution in [3.05, 3.63) is 0 Å². The summed E-state index contributed by atoms with van der Waals surface area (Å²) in [5.74, 6) is 1.03. The largest absolute Gasteiger partial charge is 0.312 e. The Bertz CT molecular complexity index is 171. The standard InChI is InChI=1S/C12H26N2/c1-10(8-11-6-7-11)13-9-12(2,3)14(4)5/h10-11,13H,6-9H2,1-5H3. The van der Waals surface area contributed by atoms with E-state index in [0.717, 1.165) is 12.5 Å². The SMILES string of the molecule is CC(CC1CC1)NCC(C)(C)N(C)C. The van der Waals surface area contributed by atoms with Gasteiger partial charge in [-0.2, -0.15) is 0 Å². The summed E-state index contributed by atoms with van der Waals surface area (Å²) in [6.07, 6.45) is 4.29. The van der Waals surface area contributed by atoms with Crippen LogP contribution in [-0.2, 0) is 0 Å². The Hall–Kier alpha value is -0.0800. The monoisotopic (exact) mass is 198 g/mol. The molecule has 1 atom stereocenters. The second-order valence-electron chi connectivity index (χ2n) is 5.67. The summed E-state index contributed by atoms with van der Waals surface area (Å²) in [7, 11) is 4.29. The molecule has 0 saturated heterocycles. The van der Waals surface area contributed by atoms with Crippen LogP contribution in [0.15, 0.2) is 0 Å². The van der Waals surface area contributed by atoms with Crippen molar-refractivity contribution in [3.8, 4) is 0 Å². The molecule has 14 heavy (non-hydrogen) atoms. The minimum absolute atomic E-state index is 0.262. The van der Waals surface area contributed by atoms with Gasteiger partial charge < -0.3 is 10.2 Å². The molecule has 1 rings (SSSR count). The van der Waals surface area contributed by atoms with Gasteiger partial charge in [-0.25, -0.2) is 0 Å². The number of hydrogen-bond acceptors (Lipinski definition) is 2. The molecular weight excluding hydrogens is 172 g/mol. The van der Waals surface area contributed by atoms with Crippen LogP contribution in [0.25, 0.3) is 0 Å². The molecule has 1 aliphatic rings. The van der Waals surface area contributed by atoms with Crippen LogP contribution in [0.2, 0.25) is 0 Å². The van der Waals surface area contributed by atoms with E-state index in [1.54, 1.807) is 0 Å². The molecule has 0 aromatic rings. The molecule has 0 aromatic heterocycles. The van der Waals surface area contributed by atoms with Crippen molar-refractivity contribution in [3.63, 3.8) is 0 Å². The number of hydrogen-bond donors (Lipinski definition) is 1. The second kappa shape index (κ2) is 4.63. The summed E-state index contributed by atoms with van der Waals surface area (Å²) < 4.78 is 0. The van der Waals surface area contributed by atoms with Crippen molar-refractivity contribution in [2.45, 2.75) is 51.6 Å². The number of likely N-dealkylation sites (N-methyl/N-ethyl adjacent to an activating group) is 1. The van der Waals surface area contributed by atoms with Crippen LogP contribution in [0.4, 0.5) is 0 Å². The molecule has 1 fully saturated rings. The quantitative estimate of drug-likeness (QED) is 0.703. The molecule has 0 radical (unpaired) electrons. The minimum atomic E-state index is 0.262. The number of nitrogens with zero attached hydrogens (tertiary/aromatic N) is 1. The Kier molecular flexibility index (Phi) is 3.96. The molecule has 84 valence electrons. The average Bonchev–Trinajstić information content (AvgIpc) is 2.85. The maximum atomic E-state index is 3.63. The molecule has 0 heterocycles. The highest BCUT2D eigenvalue weighted by Gasteiger charge is 2.25. The van der Waals surface area contributed by atoms with Gasteiger partial charge in [0.25, 0.3) is 0 Å². The summed E-state index contributed by atoms with van der Waals surface area (Å²) in [5, 5.41) is 3.63. The molecule has 1 saturated carbocycles. The Morgan fingerprint density at radius 3 is 2.36 bits per heavy atom. The van der Waals surface area contributed by atoms with Gasteiger partial charge in [0.15, 0.2) is 0 Å². The van der Waals surface area contributed by atoms with Crippen LogP contribution in [0.1, 0.15) is 40.0 Å². The van der Waals surface area contributed by atoms with E-state index in [2.05, 4.69) is 45.1 Å². The highest BCUT2D eigenvalue weighted by atomic mass is 15.2. The van der Waals surface area contributed by atoms with Gasteiger partial charge in [-0.3, -0.25) is 0 Å². The lowest BCUT2D eigenvalue weighted by Crippen LogP contribution is -2.48. The van der Waals surface area contributed by atoms with E-state index in [1.165, 1.54) is 19.3 Å². The van der Waals surface area contributed by atoms with Gasteiger partial charge in [-0.15, -0.1) is 0 Å². The Morgan fingerprint density at radius 1 is 1.36 bits per heavy atom. The summed E-state index contributed by atoms with van der Waals surface area (Å²) in [4.78, 5) is 2.28. The topological polar surface area (TPSA) is 15.3 Å². The lowest BCUT2D eigenvalue weighted by molar-refractivity contribution is 0.184. The molecule has 2 heteroatoms. The van der Waals surface area contributed by atoms with E-state index in [9.17, 15) is 0 Å². The van der Waals surface area contributed by atoms with E-state index in [-0.39, 0.29) is 5.54 Å². The average molecular weight is 198 g/mol. The van der Waals surface area contributed by atoms with E-state index in [0.29, 0.717) is 6.04 Å². The maximum Gasteiger partial charge on any atom is 0.0271 e. The van der Waals surface area contributed by atoms with Crippen molar-refractivity contribution in [1.82, 2.24) is 10.2 Å². The molecule has 1 N–H and O–H groups in total. The fraction of sp³-hybridized carbons (Fsp3) is 1.00. The van der Waals surface area contributed by atoms with E-state index >= 15 is 0 Å². The van der Waals surface area contributed by atoms with Crippen LogP contribution in [-0.4, -0.2) is 37.1 Å². The van der Waals surface area contributed by atoms with Gasteiger partial charge in [0, 0.05) is 18.1 Å². The van der Waals surface area contributed by atoms with Crippen LogP contribution in [0, 0.1) is 5.92 Å². The van der Waals surface area contributed by atoms with Gasteiger partial charge in [-0.1, -0.05) is 12.8 Å². The Labute approximate surface area is 89.1 Å². The normalized spacial score (nSPS) is 20.1. The fourth-order valence-corrected chi connectivity index (χ4v) is 1.52. The third-order valence-electron chi connectivity index (χ3n) is 3.48. The fourth-order valence-electron chi connectivity index (χ4n) is 1.52. The lowest BCUT2D eigenvalue weighted by Gasteiger charge is -2.34. The van der Waals surface area contributed by atoms with Crippen LogP contribution >= 0.6 is 0 Å². The van der Waals surface area contributed by atoms with Gasteiger partial charge in [0.2, 0.25) is 0 Å². The molecular formula is C12H26N2. The number of rotatable bonds is 6. The van der Waals surface area contributed by atoms with Crippen molar-refractivity contribution in [2.75, 3.05) is 20.6 Å². The molecule has 0 bridgehead atoms. The van der Waals surface area contributed by atoms with Crippen molar-refractivity contribution in [2.24, 2.45) is 5.92 Å². The molecule has 0 amide bonds. The highest BCUT2D eigenvalue weighted by Crippen LogP contribution is 2.33. The maximum absolute atomic E-state index is 3.63. The van der Waals surface area contributed by atoms with Gasteiger partial charge in [0.05, 0.1) is 0 Å². The molecule has 0 aromatic carbocycles. The van der Waals surface area contributed by atoms with Crippen LogP contribution in [0.3, 0.4) is 0 Å². The highest BCUT2D eigenvalue weighted by molar-refractivity contribution is 4.83. The first-order chi connectivity index (χ1) is 6.42. The summed E-state index contributed by atoms with van der Waals surface area (Å²) in [6.45, 7) is 7.95. The predicted molar refractivity (Wildman–Crippen MR) is 62.6 cm³/mol. The van der Waals surface area contributed by atoms with Crippen molar-refractivity contribution in [1.29, 1.82) is 0 Å². The molecule has 1 unspecified atom stereocenters. The predicted octanol–water partition coefficient (Wildman–Crippen LogP) is 2.10. The zero-order valence-corrected chi connectivity index (χ0v) is 10.4. The molecule has 2 nitrogen and oxygen atoms in total. The first kappa shape index (κ1) is 12.0. The van der Waals surface area contributed by atoms with Gasteiger partial charge >= 0.3 is 0 Å². The third-order valence-corrected chi connectivity index (χ3v) is 3.48. The Balaban J connectivity index is 2.17. The lowest BCUT2D eigenvalue weighted by atomic mass is 10.0.